The van der Waals surface area contributed by atoms with E-state index in [1.165, 1.54) is 43.5 Å². The highest BCUT2D eigenvalue weighted by Crippen LogP contribution is 2.52. The zero-order valence-electron chi connectivity index (χ0n) is 21.4. The fourth-order valence-corrected chi connectivity index (χ4v) is 9.22. The molecule has 2 heterocycles. The van der Waals surface area contributed by atoms with Crippen molar-refractivity contribution in [2.45, 2.75) is 69.8 Å². The maximum absolute atomic E-state index is 14.1. The minimum Gasteiger partial charge on any atom is -0.483 e. The molecule has 2 bridgehead atoms. The highest BCUT2D eigenvalue weighted by Gasteiger charge is 2.43. The molecule has 5 atom stereocenters. The number of fused-ring (bicyclic) bond motifs is 2. The summed E-state index contributed by atoms with van der Waals surface area (Å²) in [6, 6.07) is 6.16. The van der Waals surface area contributed by atoms with Crippen molar-refractivity contribution in [1.82, 2.24) is 19.7 Å². The Hall–Kier alpha value is -2.14. The lowest BCUT2D eigenvalue weighted by Crippen LogP contribution is -2.42. The molecule has 0 N–H and O–H groups in total. The van der Waals surface area contributed by atoms with Crippen LogP contribution in [0, 0.1) is 23.6 Å². The lowest BCUT2D eigenvalue weighted by molar-refractivity contribution is -0.129. The first-order valence-corrected chi connectivity index (χ1v) is 16.0. The van der Waals surface area contributed by atoms with Gasteiger partial charge in [0.2, 0.25) is 5.91 Å². The smallest absolute Gasteiger partial charge is 0.233 e. The summed E-state index contributed by atoms with van der Waals surface area (Å²) in [6.07, 6.45) is 5.50. The van der Waals surface area contributed by atoms with E-state index in [9.17, 15) is 17.6 Å². The van der Waals surface area contributed by atoms with Gasteiger partial charge in [0, 0.05) is 18.6 Å². The molecule has 1 saturated heterocycles. The molecule has 0 radical (unpaired) electrons. The summed E-state index contributed by atoms with van der Waals surface area (Å²) < 4.78 is 45.9. The third-order valence-electron chi connectivity index (χ3n) is 8.38. The Labute approximate surface area is 222 Å². The summed E-state index contributed by atoms with van der Waals surface area (Å²) in [6.45, 7) is 4.62. The fraction of sp³-hybridized carbons (Fsp3) is 0.654. The van der Waals surface area contributed by atoms with Crippen LogP contribution in [0.1, 0.15) is 57.8 Å². The lowest BCUT2D eigenvalue weighted by Gasteiger charge is -2.30. The number of hydrogen-bond acceptors (Lipinski definition) is 7. The van der Waals surface area contributed by atoms with Crippen LogP contribution in [-0.2, 0) is 21.2 Å². The van der Waals surface area contributed by atoms with Gasteiger partial charge < -0.3 is 9.64 Å². The molecule has 1 amide bonds. The number of benzene rings is 1. The van der Waals surface area contributed by atoms with Crippen molar-refractivity contribution in [3.8, 4) is 5.75 Å². The molecule has 3 aliphatic rings. The van der Waals surface area contributed by atoms with E-state index in [1.807, 2.05) is 6.92 Å². The molecule has 2 aliphatic carbocycles. The van der Waals surface area contributed by atoms with Crippen LogP contribution in [0.2, 0.25) is 0 Å². The molecule has 1 aromatic carbocycles. The molecule has 8 nitrogen and oxygen atoms in total. The van der Waals surface area contributed by atoms with Crippen molar-refractivity contribution < 1.29 is 22.3 Å². The molecule has 3 fully saturated rings. The van der Waals surface area contributed by atoms with Gasteiger partial charge in [-0.15, -0.1) is 10.2 Å². The second kappa shape index (κ2) is 10.9. The van der Waals surface area contributed by atoms with Gasteiger partial charge in [-0.25, -0.2) is 12.8 Å². The number of thioether (sulfide) groups is 1. The van der Waals surface area contributed by atoms with Crippen LogP contribution < -0.4 is 4.74 Å². The highest BCUT2D eigenvalue weighted by molar-refractivity contribution is 7.99. The van der Waals surface area contributed by atoms with Gasteiger partial charge in [-0.2, -0.15) is 0 Å². The van der Waals surface area contributed by atoms with Crippen molar-refractivity contribution in [2.75, 3.05) is 23.8 Å². The number of hydrogen-bond donors (Lipinski definition) is 0. The van der Waals surface area contributed by atoms with Crippen molar-refractivity contribution in [3.63, 3.8) is 0 Å². The molecule has 0 unspecified atom stereocenters. The molecule has 1 aromatic heterocycles. The zero-order valence-corrected chi connectivity index (χ0v) is 23.0. The molecule has 2 saturated carbocycles. The molecule has 11 heteroatoms. The molecule has 202 valence electrons. The van der Waals surface area contributed by atoms with Crippen molar-refractivity contribution in [1.29, 1.82) is 0 Å². The molecule has 5 rings (SSSR count). The monoisotopic (exact) mass is 550 g/mol. The number of carbonyl (C=O) groups excluding carboxylic acids is 1. The van der Waals surface area contributed by atoms with E-state index < -0.39 is 15.7 Å². The zero-order chi connectivity index (χ0) is 26.2. The normalized spacial score (nSPS) is 26.9. The van der Waals surface area contributed by atoms with Crippen LogP contribution in [0.15, 0.2) is 29.4 Å². The summed E-state index contributed by atoms with van der Waals surface area (Å²) in [4.78, 5) is 14.8. The van der Waals surface area contributed by atoms with Gasteiger partial charge in [-0.1, -0.05) is 30.3 Å². The number of rotatable bonds is 10. The Kier molecular flexibility index (Phi) is 7.81. The number of sulfone groups is 1. The average molecular weight is 551 g/mol. The minimum absolute atomic E-state index is 0.0340. The first-order valence-electron chi connectivity index (χ1n) is 13.2. The van der Waals surface area contributed by atoms with Crippen molar-refractivity contribution in [3.05, 3.63) is 35.9 Å². The predicted molar refractivity (Wildman–Crippen MR) is 140 cm³/mol. The summed E-state index contributed by atoms with van der Waals surface area (Å²) >= 11 is 1.33. The van der Waals surface area contributed by atoms with E-state index in [1.54, 1.807) is 23.1 Å². The van der Waals surface area contributed by atoms with E-state index in [0.717, 1.165) is 5.92 Å². The van der Waals surface area contributed by atoms with E-state index in [2.05, 4.69) is 21.7 Å². The van der Waals surface area contributed by atoms with Gasteiger partial charge in [0.25, 0.3) is 0 Å². The van der Waals surface area contributed by atoms with Crippen LogP contribution >= 0.6 is 11.8 Å². The first-order chi connectivity index (χ1) is 17.8. The number of ether oxygens (including phenoxy) is 1. The Bertz CT molecular complexity index is 1240. The van der Waals surface area contributed by atoms with Gasteiger partial charge >= 0.3 is 0 Å². The average Bonchev–Trinajstić information content (AvgIpc) is 3.66. The van der Waals surface area contributed by atoms with Crippen molar-refractivity contribution in [2.24, 2.45) is 17.8 Å². The van der Waals surface area contributed by atoms with Gasteiger partial charge in [-0.05, 0) is 69.4 Å². The molecule has 0 spiro atoms. The molecular weight excluding hydrogens is 515 g/mol. The summed E-state index contributed by atoms with van der Waals surface area (Å²) in [5.74, 6) is 2.55. The molecule has 2 aromatic rings. The maximum Gasteiger partial charge on any atom is 0.233 e. The van der Waals surface area contributed by atoms with Gasteiger partial charge in [0.15, 0.2) is 32.4 Å². The number of aromatic nitrogens is 3. The predicted octanol–water partition coefficient (Wildman–Crippen LogP) is 4.12. The quantitative estimate of drug-likeness (QED) is 0.411. The Morgan fingerprint density at radius 2 is 2.05 bits per heavy atom. The highest BCUT2D eigenvalue weighted by atomic mass is 32.2. The van der Waals surface area contributed by atoms with Crippen molar-refractivity contribution >= 4 is 27.5 Å². The van der Waals surface area contributed by atoms with Gasteiger partial charge in [0.05, 0.1) is 17.3 Å². The summed E-state index contributed by atoms with van der Waals surface area (Å²) in [5, 5.41) is 9.46. The fourth-order valence-electron chi connectivity index (χ4n) is 6.56. The third kappa shape index (κ3) is 5.67. The largest absolute Gasteiger partial charge is 0.483 e. The molecule has 1 aliphatic heterocycles. The van der Waals surface area contributed by atoms with Crippen LogP contribution in [0.3, 0.4) is 0 Å². The van der Waals surface area contributed by atoms with Crippen LogP contribution in [-0.4, -0.2) is 63.8 Å². The summed E-state index contributed by atoms with van der Waals surface area (Å²) in [7, 11) is -3.08. The topological polar surface area (TPSA) is 94.4 Å². The van der Waals surface area contributed by atoms with E-state index in [0.29, 0.717) is 35.8 Å². The summed E-state index contributed by atoms with van der Waals surface area (Å²) in [5.41, 5.74) is 0. The second-order valence-electron chi connectivity index (χ2n) is 10.6. The number of amides is 1. The number of halogens is 1. The number of para-hydroxylation sites is 1. The Morgan fingerprint density at radius 3 is 2.70 bits per heavy atom. The van der Waals surface area contributed by atoms with Crippen LogP contribution in [0.4, 0.5) is 4.39 Å². The van der Waals surface area contributed by atoms with E-state index in [4.69, 9.17) is 4.74 Å². The Morgan fingerprint density at radius 1 is 1.24 bits per heavy atom. The van der Waals surface area contributed by atoms with Gasteiger partial charge in [0.1, 0.15) is 6.61 Å². The third-order valence-corrected chi connectivity index (χ3v) is 11.1. The standard InChI is InChI=1S/C26H35FN4O4S2/c1-3-30(20-10-11-37(33,34)16-20)25(32)15-36-26-29-28-24(14-35-23-7-5-4-6-22(23)27)31(26)17(2)21-13-18-8-9-19(21)12-18/h4-7,17-21H,3,8-16H2,1-2H3/t17-,18-,19-,20+,21+/m1/s1. The minimum atomic E-state index is -3.08. The first kappa shape index (κ1) is 26.5. The Balaban J connectivity index is 1.33. The van der Waals surface area contributed by atoms with Crippen LogP contribution in [0.5, 0.6) is 5.75 Å². The van der Waals surface area contributed by atoms with E-state index >= 15 is 0 Å². The number of nitrogens with zero attached hydrogens (tertiary/aromatic N) is 4. The van der Waals surface area contributed by atoms with Crippen LogP contribution in [0.25, 0.3) is 0 Å². The number of carbonyl (C=O) groups is 1. The maximum atomic E-state index is 14.1. The lowest BCUT2D eigenvalue weighted by atomic mass is 9.84. The SMILES string of the molecule is CCN(C(=O)CSc1nnc(COc2ccccc2F)n1[C@H](C)[C@@H]1C[C@@H]2CC[C@@H]1C2)[C@H]1CCS(=O)(=O)C1. The molecular formula is C26H35FN4O4S2. The van der Waals surface area contributed by atoms with E-state index in [-0.39, 0.29) is 47.6 Å². The van der Waals surface area contributed by atoms with Gasteiger partial charge in [-0.3, -0.25) is 9.36 Å². The molecule has 37 heavy (non-hydrogen) atoms. The second-order valence-corrected chi connectivity index (χ2v) is 13.8.